The fraction of sp³-hybridized carbons (Fsp3) is 0.842. The van der Waals surface area contributed by atoms with E-state index in [0.717, 1.165) is 12.8 Å². The lowest BCUT2D eigenvalue weighted by atomic mass is 9.80. The molecule has 2 bridgehead atoms. The molecule has 0 radical (unpaired) electrons. The summed E-state index contributed by atoms with van der Waals surface area (Å²) in [6.45, 7) is 10.7. The lowest BCUT2D eigenvalue weighted by molar-refractivity contribution is -0.139. The van der Waals surface area contributed by atoms with Crippen molar-refractivity contribution in [2.24, 2.45) is 0 Å². The van der Waals surface area contributed by atoms with Crippen LogP contribution in [-0.2, 0) is 14.3 Å². The van der Waals surface area contributed by atoms with Gasteiger partial charge in [-0.05, 0) is 67.2 Å². The lowest BCUT2D eigenvalue weighted by Crippen LogP contribution is -2.61. The zero-order valence-electron chi connectivity index (χ0n) is 17.1. The van der Waals surface area contributed by atoms with Gasteiger partial charge in [0.1, 0.15) is 11.2 Å². The van der Waals surface area contributed by atoms with Gasteiger partial charge in [-0.25, -0.2) is 9.59 Å². The van der Waals surface area contributed by atoms with Crippen molar-refractivity contribution in [2.75, 3.05) is 0 Å². The number of carboxylic acids is 1. The van der Waals surface area contributed by atoms with Crippen LogP contribution in [0.3, 0.4) is 0 Å². The quantitative estimate of drug-likeness (QED) is 0.773. The van der Waals surface area contributed by atoms with Gasteiger partial charge in [-0.1, -0.05) is 0 Å². The molecule has 2 saturated heterocycles. The van der Waals surface area contributed by atoms with Crippen molar-refractivity contribution in [3.63, 3.8) is 0 Å². The smallest absolute Gasteiger partial charge is 0.410 e. The summed E-state index contributed by atoms with van der Waals surface area (Å²) in [5.74, 6) is -0.990. The van der Waals surface area contributed by atoms with Gasteiger partial charge in [0, 0.05) is 12.1 Å². The summed E-state index contributed by atoms with van der Waals surface area (Å²) < 4.78 is 10.8. The third kappa shape index (κ3) is 5.74. The van der Waals surface area contributed by atoms with Crippen LogP contribution >= 0.6 is 0 Å². The molecule has 2 heterocycles. The predicted molar refractivity (Wildman–Crippen MR) is 98.5 cm³/mol. The van der Waals surface area contributed by atoms with E-state index in [1.807, 2.05) is 20.8 Å². The zero-order chi connectivity index (χ0) is 20.6. The second-order valence-electron chi connectivity index (χ2n) is 9.66. The molecular weight excluding hydrogens is 352 g/mol. The average Bonchev–Trinajstić information content (AvgIpc) is 2.66. The van der Waals surface area contributed by atoms with Gasteiger partial charge >= 0.3 is 18.2 Å². The molecule has 27 heavy (non-hydrogen) atoms. The van der Waals surface area contributed by atoms with E-state index in [0.29, 0.717) is 12.8 Å². The number of rotatable bonds is 3. The van der Waals surface area contributed by atoms with E-state index in [4.69, 9.17) is 9.47 Å². The molecule has 8 nitrogen and oxygen atoms in total. The van der Waals surface area contributed by atoms with Gasteiger partial charge < -0.3 is 24.8 Å². The molecule has 154 valence electrons. The summed E-state index contributed by atoms with van der Waals surface area (Å²) >= 11 is 0. The molecule has 0 saturated carbocycles. The van der Waals surface area contributed by atoms with Crippen molar-refractivity contribution < 1.29 is 29.0 Å². The third-order valence-corrected chi connectivity index (χ3v) is 4.73. The summed E-state index contributed by atoms with van der Waals surface area (Å²) in [5, 5.41) is 12.2. The Balaban J connectivity index is 2.17. The molecule has 0 aromatic carbocycles. The van der Waals surface area contributed by atoms with E-state index in [2.05, 4.69) is 5.32 Å². The van der Waals surface area contributed by atoms with Crippen LogP contribution in [0.1, 0.15) is 73.6 Å². The summed E-state index contributed by atoms with van der Waals surface area (Å²) in [7, 11) is 0. The molecule has 0 aliphatic carbocycles. The topological polar surface area (TPSA) is 105 Å². The third-order valence-electron chi connectivity index (χ3n) is 4.73. The number of nitrogens with zero attached hydrogens (tertiary/aromatic N) is 1. The fourth-order valence-corrected chi connectivity index (χ4v) is 4.06. The molecule has 0 aromatic rings. The molecule has 2 atom stereocenters. The van der Waals surface area contributed by atoms with Crippen molar-refractivity contribution in [1.82, 2.24) is 10.2 Å². The van der Waals surface area contributed by atoms with Gasteiger partial charge in [0.05, 0.1) is 12.0 Å². The molecule has 2 aliphatic heterocycles. The van der Waals surface area contributed by atoms with E-state index in [1.165, 1.54) is 0 Å². The Labute approximate surface area is 160 Å². The number of piperidine rings is 1. The Bertz CT molecular complexity index is 590. The Morgan fingerprint density at radius 1 is 1.00 bits per heavy atom. The van der Waals surface area contributed by atoms with Crippen LogP contribution in [0, 0.1) is 0 Å². The summed E-state index contributed by atoms with van der Waals surface area (Å²) in [4.78, 5) is 38.1. The standard InChI is InChI=1S/C19H32N2O6/c1-17(2,3)26-15(24)20-19(11-14(22)23)9-12-7-8-13(10-19)21(12)16(25)27-18(4,5)6/h12-13H,7-11H2,1-6H3,(H,20,24)(H,22,23). The van der Waals surface area contributed by atoms with Crippen molar-refractivity contribution in [3.05, 3.63) is 0 Å². The van der Waals surface area contributed by atoms with Gasteiger partial charge in [-0.3, -0.25) is 4.79 Å². The number of amides is 2. The number of hydrogen-bond donors (Lipinski definition) is 2. The highest BCUT2D eigenvalue weighted by Crippen LogP contribution is 2.43. The first-order valence-electron chi connectivity index (χ1n) is 9.44. The maximum atomic E-state index is 12.6. The average molecular weight is 384 g/mol. The van der Waals surface area contributed by atoms with Crippen molar-refractivity contribution in [3.8, 4) is 0 Å². The second kappa shape index (κ2) is 7.20. The first-order chi connectivity index (χ1) is 12.2. The van der Waals surface area contributed by atoms with Crippen LogP contribution in [0.5, 0.6) is 0 Å². The number of carbonyl (C=O) groups excluding carboxylic acids is 2. The molecule has 2 unspecified atom stereocenters. The van der Waals surface area contributed by atoms with Gasteiger partial charge in [0.25, 0.3) is 0 Å². The van der Waals surface area contributed by atoms with Crippen molar-refractivity contribution in [1.29, 1.82) is 0 Å². The number of carboxylic acid groups (broad SMARTS) is 1. The summed E-state index contributed by atoms with van der Waals surface area (Å²) in [6.07, 6.45) is 1.05. The van der Waals surface area contributed by atoms with Crippen LogP contribution in [0.4, 0.5) is 9.59 Å². The van der Waals surface area contributed by atoms with Crippen LogP contribution in [-0.4, -0.2) is 57.0 Å². The molecule has 2 rings (SSSR count). The van der Waals surface area contributed by atoms with E-state index in [-0.39, 0.29) is 24.6 Å². The normalized spacial score (nSPS) is 27.9. The maximum absolute atomic E-state index is 12.6. The van der Waals surface area contributed by atoms with Crippen LogP contribution in [0.15, 0.2) is 0 Å². The Morgan fingerprint density at radius 3 is 1.89 bits per heavy atom. The zero-order valence-corrected chi connectivity index (χ0v) is 17.1. The largest absolute Gasteiger partial charge is 0.481 e. The van der Waals surface area contributed by atoms with Gasteiger partial charge in [-0.15, -0.1) is 0 Å². The molecule has 2 fully saturated rings. The molecule has 2 amide bonds. The first-order valence-corrected chi connectivity index (χ1v) is 9.44. The number of aliphatic carboxylic acids is 1. The minimum Gasteiger partial charge on any atom is -0.481 e. The molecule has 2 aliphatic rings. The Kier molecular flexibility index (Phi) is 5.69. The number of carbonyl (C=O) groups is 3. The maximum Gasteiger partial charge on any atom is 0.410 e. The van der Waals surface area contributed by atoms with E-state index in [9.17, 15) is 19.5 Å². The molecule has 0 aromatic heterocycles. The lowest BCUT2D eigenvalue weighted by Gasteiger charge is -2.46. The van der Waals surface area contributed by atoms with Crippen LogP contribution < -0.4 is 5.32 Å². The highest BCUT2D eigenvalue weighted by atomic mass is 16.6. The molecule has 2 N–H and O–H groups in total. The van der Waals surface area contributed by atoms with Crippen molar-refractivity contribution in [2.45, 2.75) is 102 Å². The first kappa shape index (κ1) is 21.3. The van der Waals surface area contributed by atoms with Gasteiger partial charge in [-0.2, -0.15) is 0 Å². The fourth-order valence-electron chi connectivity index (χ4n) is 4.06. The van der Waals surface area contributed by atoms with Gasteiger partial charge in [0.15, 0.2) is 0 Å². The van der Waals surface area contributed by atoms with Gasteiger partial charge in [0.2, 0.25) is 0 Å². The van der Waals surface area contributed by atoms with Crippen LogP contribution in [0.25, 0.3) is 0 Å². The SMILES string of the molecule is CC(C)(C)OC(=O)NC1(CC(=O)O)CC2CCC(C1)N2C(=O)OC(C)(C)C. The van der Waals surface area contributed by atoms with E-state index in [1.54, 1.807) is 25.7 Å². The highest BCUT2D eigenvalue weighted by molar-refractivity contribution is 5.74. The number of alkyl carbamates (subject to hydrolysis) is 1. The van der Waals surface area contributed by atoms with Crippen molar-refractivity contribution >= 4 is 18.2 Å². The minimum atomic E-state index is -0.990. The Morgan fingerprint density at radius 2 is 1.48 bits per heavy atom. The monoisotopic (exact) mass is 384 g/mol. The molecule has 8 heteroatoms. The van der Waals surface area contributed by atoms with Crippen LogP contribution in [0.2, 0.25) is 0 Å². The minimum absolute atomic E-state index is 0.159. The number of ether oxygens (including phenoxy) is 2. The summed E-state index contributed by atoms with van der Waals surface area (Å²) in [6, 6.07) is -0.319. The highest BCUT2D eigenvalue weighted by Gasteiger charge is 2.52. The molecular formula is C19H32N2O6. The number of hydrogen-bond acceptors (Lipinski definition) is 5. The number of nitrogens with one attached hydrogen (secondary N) is 1. The number of fused-ring (bicyclic) bond motifs is 2. The van der Waals surface area contributed by atoms with E-state index >= 15 is 0 Å². The summed E-state index contributed by atoms with van der Waals surface area (Å²) in [5.41, 5.74) is -2.20. The molecule has 0 spiro atoms. The Hall–Kier alpha value is -1.99. The van der Waals surface area contributed by atoms with E-state index < -0.39 is 28.8 Å². The predicted octanol–water partition coefficient (Wildman–Crippen LogP) is 3.29. The second-order valence-corrected chi connectivity index (χ2v) is 9.66.